The predicted octanol–water partition coefficient (Wildman–Crippen LogP) is 3.11. The number of piperidine rings is 1. The topological polar surface area (TPSA) is 53.1 Å². The van der Waals surface area contributed by atoms with E-state index in [1.165, 1.54) is 51.6 Å². The lowest BCUT2D eigenvalue weighted by Gasteiger charge is -2.51. The van der Waals surface area contributed by atoms with Gasteiger partial charge >= 0.3 is 6.09 Å². The molecule has 0 atom stereocenters. The first-order valence-corrected chi connectivity index (χ1v) is 11.5. The number of likely N-dealkylation sites (tertiary alicyclic amines) is 2. The van der Waals surface area contributed by atoms with Crippen molar-refractivity contribution in [1.29, 1.82) is 0 Å². The van der Waals surface area contributed by atoms with E-state index < -0.39 is 0 Å². The molecule has 2 saturated heterocycles. The van der Waals surface area contributed by atoms with E-state index in [1.807, 2.05) is 18.7 Å². The number of nitrogens with zero attached hydrogens (tertiary/aromatic N) is 3. The largest absolute Gasteiger partial charge is 0.450 e. The maximum absolute atomic E-state index is 12.2. The predicted molar refractivity (Wildman–Crippen MR) is 108 cm³/mol. The van der Waals surface area contributed by atoms with Crippen molar-refractivity contribution in [2.45, 2.75) is 77.3 Å². The number of hydrogen-bond acceptors (Lipinski definition) is 4. The Balaban J connectivity index is 1.20. The molecule has 0 unspecified atom stereocenters. The summed E-state index contributed by atoms with van der Waals surface area (Å²) < 4.78 is 5.17. The highest BCUT2D eigenvalue weighted by atomic mass is 16.6. The van der Waals surface area contributed by atoms with E-state index in [9.17, 15) is 9.59 Å². The number of hydrogen-bond donors (Lipinski definition) is 0. The van der Waals surface area contributed by atoms with Gasteiger partial charge in [0.2, 0.25) is 5.91 Å². The van der Waals surface area contributed by atoms with Crippen LogP contribution in [0.5, 0.6) is 0 Å². The number of carbonyl (C=O) groups excluding carboxylic acids is 2. The Morgan fingerprint density at radius 1 is 1.07 bits per heavy atom. The van der Waals surface area contributed by atoms with Crippen molar-refractivity contribution in [3.63, 3.8) is 0 Å². The van der Waals surface area contributed by atoms with Crippen LogP contribution in [0.4, 0.5) is 4.79 Å². The van der Waals surface area contributed by atoms with Gasteiger partial charge in [-0.25, -0.2) is 4.79 Å². The van der Waals surface area contributed by atoms with Crippen LogP contribution in [0.25, 0.3) is 0 Å². The molecule has 4 rings (SSSR count). The van der Waals surface area contributed by atoms with Crippen LogP contribution in [0.1, 0.15) is 65.2 Å². The smallest absolute Gasteiger partial charge is 0.409 e. The fourth-order valence-electron chi connectivity index (χ4n) is 5.66. The van der Waals surface area contributed by atoms with Crippen LogP contribution in [-0.4, -0.2) is 78.1 Å². The van der Waals surface area contributed by atoms with Crippen molar-refractivity contribution in [2.24, 2.45) is 11.3 Å². The molecule has 0 bridgehead atoms. The molecule has 0 aromatic carbocycles. The monoisotopic (exact) mass is 391 g/mol. The lowest BCUT2D eigenvalue weighted by Crippen LogP contribution is -2.54. The molecule has 4 aliphatic rings. The van der Waals surface area contributed by atoms with Gasteiger partial charge in [0.1, 0.15) is 0 Å². The van der Waals surface area contributed by atoms with Crippen LogP contribution in [-0.2, 0) is 9.53 Å². The van der Waals surface area contributed by atoms with Gasteiger partial charge in [0.25, 0.3) is 0 Å². The van der Waals surface area contributed by atoms with E-state index >= 15 is 0 Å². The molecule has 0 aromatic rings. The van der Waals surface area contributed by atoms with Crippen molar-refractivity contribution in [2.75, 3.05) is 39.3 Å². The highest BCUT2D eigenvalue weighted by molar-refractivity contribution is 5.76. The van der Waals surface area contributed by atoms with E-state index in [2.05, 4.69) is 9.80 Å². The molecule has 0 aromatic heterocycles. The lowest BCUT2D eigenvalue weighted by molar-refractivity contribution is -0.132. The Kier molecular flexibility index (Phi) is 5.86. The summed E-state index contributed by atoms with van der Waals surface area (Å²) in [5.74, 6) is 1.02. The quantitative estimate of drug-likeness (QED) is 0.698. The minimum atomic E-state index is -0.134. The van der Waals surface area contributed by atoms with Crippen molar-refractivity contribution in [3.8, 4) is 0 Å². The van der Waals surface area contributed by atoms with E-state index in [4.69, 9.17) is 4.74 Å². The zero-order valence-electron chi connectivity index (χ0n) is 17.7. The summed E-state index contributed by atoms with van der Waals surface area (Å²) >= 11 is 0. The van der Waals surface area contributed by atoms with Crippen molar-refractivity contribution < 1.29 is 14.3 Å². The Morgan fingerprint density at radius 3 is 2.39 bits per heavy atom. The number of amides is 2. The van der Waals surface area contributed by atoms with Gasteiger partial charge in [0.15, 0.2) is 0 Å². The maximum atomic E-state index is 12.2. The molecule has 2 aliphatic carbocycles. The molecule has 2 heterocycles. The molecule has 2 aliphatic heterocycles. The average molecular weight is 392 g/mol. The summed E-state index contributed by atoms with van der Waals surface area (Å²) in [6, 6.07) is 1.24. The fourth-order valence-corrected chi connectivity index (χ4v) is 5.66. The van der Waals surface area contributed by atoms with E-state index in [1.54, 1.807) is 0 Å². The third-order valence-electron chi connectivity index (χ3n) is 7.53. The van der Waals surface area contributed by atoms with Crippen LogP contribution in [0.15, 0.2) is 0 Å². The van der Waals surface area contributed by atoms with E-state index in [0.29, 0.717) is 42.4 Å². The summed E-state index contributed by atoms with van der Waals surface area (Å²) in [5, 5.41) is 0. The van der Waals surface area contributed by atoms with Gasteiger partial charge in [-0.15, -0.1) is 0 Å². The number of rotatable bonds is 6. The van der Waals surface area contributed by atoms with Gasteiger partial charge in [-0.1, -0.05) is 6.92 Å². The van der Waals surface area contributed by atoms with Crippen molar-refractivity contribution in [3.05, 3.63) is 0 Å². The third kappa shape index (κ3) is 4.17. The van der Waals surface area contributed by atoms with Crippen LogP contribution >= 0.6 is 0 Å². The summed E-state index contributed by atoms with van der Waals surface area (Å²) in [6.45, 7) is 9.38. The van der Waals surface area contributed by atoms with Gasteiger partial charge in [-0.3, -0.25) is 4.79 Å². The number of carbonyl (C=O) groups is 2. The number of ether oxygens (including phenoxy) is 1. The standard InChI is InChI=1S/C22H37N3O3/c1-3-20(26)25(18-5-6-18)15-17-7-10-23(11-8-17)19-13-22(14-19)9-12-24(16-22)21(27)28-4-2/h17-19H,3-16H2,1-2H3. The SMILES string of the molecule is CCOC(=O)N1CCC2(CC(N3CCC(CN(C(=O)CC)C4CC4)CC3)C2)C1. The summed E-state index contributed by atoms with van der Waals surface area (Å²) in [6.07, 6.45) is 8.96. The van der Waals surface area contributed by atoms with Gasteiger partial charge < -0.3 is 19.4 Å². The van der Waals surface area contributed by atoms with Gasteiger partial charge in [0, 0.05) is 38.1 Å². The summed E-state index contributed by atoms with van der Waals surface area (Å²) in [7, 11) is 0. The van der Waals surface area contributed by atoms with Crippen LogP contribution < -0.4 is 0 Å². The Bertz CT molecular complexity index is 578. The minimum Gasteiger partial charge on any atom is -0.450 e. The molecular weight excluding hydrogens is 354 g/mol. The highest BCUT2D eigenvalue weighted by Gasteiger charge is 2.51. The molecule has 158 valence electrons. The molecule has 6 heteroatoms. The Hall–Kier alpha value is -1.30. The highest BCUT2D eigenvalue weighted by Crippen LogP contribution is 2.50. The third-order valence-corrected chi connectivity index (χ3v) is 7.53. The van der Waals surface area contributed by atoms with Crippen LogP contribution in [0.2, 0.25) is 0 Å². The van der Waals surface area contributed by atoms with Gasteiger partial charge in [-0.2, -0.15) is 0 Å². The van der Waals surface area contributed by atoms with Gasteiger partial charge in [-0.05, 0) is 76.3 Å². The molecule has 2 saturated carbocycles. The van der Waals surface area contributed by atoms with Crippen molar-refractivity contribution >= 4 is 12.0 Å². The van der Waals surface area contributed by atoms with E-state index in [0.717, 1.165) is 26.1 Å². The summed E-state index contributed by atoms with van der Waals surface area (Å²) in [5.41, 5.74) is 0.352. The molecule has 4 fully saturated rings. The Morgan fingerprint density at radius 2 is 1.79 bits per heavy atom. The molecule has 1 spiro atoms. The maximum Gasteiger partial charge on any atom is 0.409 e. The van der Waals surface area contributed by atoms with E-state index in [-0.39, 0.29) is 6.09 Å². The van der Waals surface area contributed by atoms with Crippen molar-refractivity contribution in [1.82, 2.24) is 14.7 Å². The zero-order chi connectivity index (χ0) is 19.7. The van der Waals surface area contributed by atoms with Gasteiger partial charge in [0.05, 0.1) is 6.61 Å². The first kappa shape index (κ1) is 20.0. The molecular formula is C22H37N3O3. The average Bonchev–Trinajstić information content (AvgIpc) is 3.42. The molecule has 2 amide bonds. The first-order chi connectivity index (χ1) is 13.5. The lowest BCUT2D eigenvalue weighted by atomic mass is 9.64. The summed E-state index contributed by atoms with van der Waals surface area (Å²) in [4.78, 5) is 31.0. The normalized spacial score (nSPS) is 31.1. The van der Waals surface area contributed by atoms with Crippen LogP contribution in [0, 0.1) is 11.3 Å². The molecule has 0 radical (unpaired) electrons. The van der Waals surface area contributed by atoms with Crippen LogP contribution in [0.3, 0.4) is 0 Å². The fraction of sp³-hybridized carbons (Fsp3) is 0.909. The second-order valence-corrected chi connectivity index (χ2v) is 9.54. The second kappa shape index (κ2) is 8.21. The minimum absolute atomic E-state index is 0.134. The molecule has 6 nitrogen and oxygen atoms in total. The molecule has 0 N–H and O–H groups in total. The second-order valence-electron chi connectivity index (χ2n) is 9.54. The Labute approximate surface area is 169 Å². The first-order valence-electron chi connectivity index (χ1n) is 11.5. The molecule has 28 heavy (non-hydrogen) atoms. The zero-order valence-corrected chi connectivity index (χ0v) is 17.7.